The quantitative estimate of drug-likeness (QED) is 0.580. The summed E-state index contributed by atoms with van der Waals surface area (Å²) in [5.74, 6) is 1.07. The Morgan fingerprint density at radius 1 is 1.25 bits per heavy atom. The van der Waals surface area contributed by atoms with E-state index in [0.29, 0.717) is 50.2 Å². The van der Waals surface area contributed by atoms with Gasteiger partial charge in [0.1, 0.15) is 18.5 Å². The molecule has 1 atom stereocenters. The lowest BCUT2D eigenvalue weighted by atomic mass is 10.2. The zero-order chi connectivity index (χ0) is 17.5. The van der Waals surface area contributed by atoms with Crippen LogP contribution in [-0.4, -0.2) is 55.8 Å². The molecule has 1 aromatic rings. The zero-order valence-electron chi connectivity index (χ0n) is 14.2. The summed E-state index contributed by atoms with van der Waals surface area (Å²) in [6.07, 6.45) is -0.190. The third-order valence-corrected chi connectivity index (χ3v) is 3.49. The summed E-state index contributed by atoms with van der Waals surface area (Å²) in [7, 11) is 0. The lowest BCUT2D eigenvalue weighted by molar-refractivity contribution is -0.137. The minimum atomic E-state index is -0.397. The van der Waals surface area contributed by atoms with Crippen LogP contribution in [0, 0.1) is 0 Å². The highest BCUT2D eigenvalue weighted by molar-refractivity contribution is 5.73. The number of hydrogen-bond donors (Lipinski definition) is 0. The van der Waals surface area contributed by atoms with E-state index in [1.807, 2.05) is 6.92 Å². The van der Waals surface area contributed by atoms with E-state index in [1.54, 1.807) is 30.0 Å². The molecule has 7 heteroatoms. The molecule has 1 unspecified atom stereocenters. The van der Waals surface area contributed by atoms with Crippen LogP contribution in [0.5, 0.6) is 17.2 Å². The van der Waals surface area contributed by atoms with Crippen LogP contribution in [0.4, 0.5) is 0 Å². The Labute approximate surface area is 141 Å². The summed E-state index contributed by atoms with van der Waals surface area (Å²) in [6.45, 7) is 7.11. The van der Waals surface area contributed by atoms with Crippen molar-refractivity contribution in [3.05, 3.63) is 18.2 Å². The zero-order valence-corrected chi connectivity index (χ0v) is 14.2. The van der Waals surface area contributed by atoms with Gasteiger partial charge in [-0.2, -0.15) is 0 Å². The van der Waals surface area contributed by atoms with Crippen molar-refractivity contribution in [3.63, 3.8) is 0 Å². The van der Waals surface area contributed by atoms with Gasteiger partial charge >= 0.3 is 5.97 Å². The molecule has 1 aliphatic heterocycles. The summed E-state index contributed by atoms with van der Waals surface area (Å²) >= 11 is 0. The molecule has 0 N–H and O–H groups in total. The van der Waals surface area contributed by atoms with E-state index >= 15 is 0 Å². The lowest BCUT2D eigenvalue weighted by Gasteiger charge is -2.32. The second-order valence-corrected chi connectivity index (χ2v) is 5.40. The molecule has 1 aromatic carbocycles. The van der Waals surface area contributed by atoms with Gasteiger partial charge in [-0.25, -0.2) is 0 Å². The summed E-state index contributed by atoms with van der Waals surface area (Å²) in [5, 5.41) is 0. The Morgan fingerprint density at radius 2 is 2.04 bits per heavy atom. The first-order valence-electron chi connectivity index (χ1n) is 7.94. The summed E-state index contributed by atoms with van der Waals surface area (Å²) in [4.78, 5) is 24.2. The van der Waals surface area contributed by atoms with Crippen LogP contribution in [-0.2, 0) is 14.3 Å². The predicted octanol–water partition coefficient (Wildman–Crippen LogP) is 1.64. The van der Waals surface area contributed by atoms with Crippen molar-refractivity contribution in [2.45, 2.75) is 26.9 Å². The average Bonchev–Trinajstić information content (AvgIpc) is 2.54. The first-order valence-corrected chi connectivity index (χ1v) is 7.94. The maximum absolute atomic E-state index is 11.5. The number of hydrogen-bond acceptors (Lipinski definition) is 6. The van der Waals surface area contributed by atoms with E-state index in [1.165, 1.54) is 6.92 Å². The van der Waals surface area contributed by atoms with Gasteiger partial charge in [0.2, 0.25) is 5.91 Å². The number of rotatable bonds is 6. The molecule has 24 heavy (non-hydrogen) atoms. The van der Waals surface area contributed by atoms with E-state index < -0.39 is 5.97 Å². The van der Waals surface area contributed by atoms with Crippen molar-refractivity contribution >= 4 is 11.9 Å². The molecule has 1 amide bonds. The number of ether oxygens (including phenoxy) is 4. The second-order valence-electron chi connectivity index (χ2n) is 5.40. The number of esters is 1. The average molecular weight is 337 g/mol. The first-order chi connectivity index (χ1) is 11.5. The van der Waals surface area contributed by atoms with Gasteiger partial charge in [-0.3, -0.25) is 9.59 Å². The third kappa shape index (κ3) is 5.13. The van der Waals surface area contributed by atoms with Crippen molar-refractivity contribution in [1.29, 1.82) is 0 Å². The molecule has 0 aromatic heterocycles. The van der Waals surface area contributed by atoms with Gasteiger partial charge in [0.15, 0.2) is 11.5 Å². The molecule has 0 radical (unpaired) electrons. The number of amides is 1. The summed E-state index contributed by atoms with van der Waals surface area (Å²) in [6, 6.07) is 4.95. The van der Waals surface area contributed by atoms with E-state index in [0.717, 1.165) is 0 Å². The summed E-state index contributed by atoms with van der Waals surface area (Å²) < 4.78 is 22.0. The Bertz CT molecular complexity index is 588. The van der Waals surface area contributed by atoms with Crippen molar-refractivity contribution < 1.29 is 28.5 Å². The molecule has 7 nitrogen and oxygen atoms in total. The monoisotopic (exact) mass is 337 g/mol. The van der Waals surface area contributed by atoms with Crippen molar-refractivity contribution in [1.82, 2.24) is 4.90 Å². The van der Waals surface area contributed by atoms with Crippen LogP contribution in [0.2, 0.25) is 0 Å². The van der Waals surface area contributed by atoms with Crippen LogP contribution in [0.1, 0.15) is 20.8 Å². The van der Waals surface area contributed by atoms with E-state index in [4.69, 9.17) is 18.9 Å². The fraction of sp³-hybridized carbons (Fsp3) is 0.529. The molecule has 1 aliphatic rings. The third-order valence-electron chi connectivity index (χ3n) is 3.49. The molecule has 1 saturated heterocycles. The van der Waals surface area contributed by atoms with Gasteiger partial charge in [0.05, 0.1) is 19.8 Å². The molecule has 1 heterocycles. The Kier molecular flexibility index (Phi) is 6.43. The van der Waals surface area contributed by atoms with Crippen molar-refractivity contribution in [2.24, 2.45) is 0 Å². The Morgan fingerprint density at radius 3 is 2.71 bits per heavy atom. The molecule has 132 valence electrons. The van der Waals surface area contributed by atoms with Gasteiger partial charge in [-0.1, -0.05) is 0 Å². The summed E-state index contributed by atoms with van der Waals surface area (Å²) in [5.41, 5.74) is 0. The van der Waals surface area contributed by atoms with E-state index in [2.05, 4.69) is 0 Å². The maximum Gasteiger partial charge on any atom is 0.308 e. The van der Waals surface area contributed by atoms with Gasteiger partial charge in [0, 0.05) is 26.5 Å². The normalized spacial score (nSPS) is 17.3. The molecular formula is C17H23NO6. The van der Waals surface area contributed by atoms with Crippen molar-refractivity contribution in [3.8, 4) is 17.2 Å². The predicted molar refractivity (Wildman–Crippen MR) is 86.4 cm³/mol. The molecule has 2 rings (SSSR count). The number of benzene rings is 1. The lowest BCUT2D eigenvalue weighted by Crippen LogP contribution is -2.46. The molecule has 0 spiro atoms. The Hall–Kier alpha value is -2.28. The first kappa shape index (κ1) is 18.1. The topological polar surface area (TPSA) is 74.3 Å². The molecule has 0 saturated carbocycles. The fourth-order valence-electron chi connectivity index (χ4n) is 2.39. The van der Waals surface area contributed by atoms with E-state index in [-0.39, 0.29) is 12.0 Å². The highest BCUT2D eigenvalue weighted by Crippen LogP contribution is 2.32. The number of carbonyl (C=O) groups is 2. The molecule has 1 fully saturated rings. The van der Waals surface area contributed by atoms with Crippen LogP contribution in [0.15, 0.2) is 18.2 Å². The highest BCUT2D eigenvalue weighted by atomic mass is 16.6. The standard InChI is InChI=1S/C17H23NO6/c1-4-21-17-9-14(24-13(3)20)5-6-16(17)23-11-15-10-18(12(2)19)7-8-22-15/h5-6,9,15H,4,7-8,10-11H2,1-3H3. The van der Waals surface area contributed by atoms with Crippen LogP contribution < -0.4 is 14.2 Å². The van der Waals surface area contributed by atoms with Gasteiger partial charge in [-0.15, -0.1) is 0 Å². The van der Waals surface area contributed by atoms with Crippen LogP contribution in [0.3, 0.4) is 0 Å². The number of morpholine rings is 1. The Balaban J connectivity index is 2.00. The molecule has 0 bridgehead atoms. The largest absolute Gasteiger partial charge is 0.490 e. The SMILES string of the molecule is CCOc1cc(OC(C)=O)ccc1OCC1CN(C(C)=O)CCO1. The van der Waals surface area contributed by atoms with Gasteiger partial charge in [-0.05, 0) is 19.1 Å². The highest BCUT2D eigenvalue weighted by Gasteiger charge is 2.23. The smallest absolute Gasteiger partial charge is 0.308 e. The minimum absolute atomic E-state index is 0.0315. The van der Waals surface area contributed by atoms with E-state index in [9.17, 15) is 9.59 Å². The maximum atomic E-state index is 11.5. The second kappa shape index (κ2) is 8.54. The number of nitrogens with zero attached hydrogens (tertiary/aromatic N) is 1. The minimum Gasteiger partial charge on any atom is -0.490 e. The molecular weight excluding hydrogens is 314 g/mol. The van der Waals surface area contributed by atoms with Crippen LogP contribution >= 0.6 is 0 Å². The number of carbonyl (C=O) groups excluding carboxylic acids is 2. The van der Waals surface area contributed by atoms with Gasteiger partial charge in [0.25, 0.3) is 0 Å². The van der Waals surface area contributed by atoms with Crippen molar-refractivity contribution in [2.75, 3.05) is 32.9 Å². The fourth-order valence-corrected chi connectivity index (χ4v) is 2.39. The van der Waals surface area contributed by atoms with Gasteiger partial charge < -0.3 is 23.8 Å². The molecule has 0 aliphatic carbocycles. The van der Waals surface area contributed by atoms with Crippen LogP contribution in [0.25, 0.3) is 0 Å².